The second-order valence-corrected chi connectivity index (χ2v) is 7.10. The minimum atomic E-state index is -2.78. The lowest BCUT2D eigenvalue weighted by Gasteiger charge is -2.28. The molecule has 0 aromatic heterocycles. The summed E-state index contributed by atoms with van der Waals surface area (Å²) in [6.07, 6.45) is 1.94. The Morgan fingerprint density at radius 1 is 1.08 bits per heavy atom. The third-order valence-electron chi connectivity index (χ3n) is 2.62. The molecule has 0 radical (unpaired) electrons. The van der Waals surface area contributed by atoms with Crippen LogP contribution in [0.2, 0.25) is 6.04 Å². The van der Waals surface area contributed by atoms with E-state index in [0.717, 1.165) is 6.08 Å². The van der Waals surface area contributed by atoms with Gasteiger partial charge in [-0.15, -0.1) is 0 Å². The molecule has 0 heterocycles. The topological polar surface area (TPSA) is 101 Å². The fraction of sp³-hybridized carbons (Fsp3) is 0.600. The fourth-order valence-electron chi connectivity index (χ4n) is 1.74. The van der Waals surface area contributed by atoms with Gasteiger partial charge in [0.25, 0.3) is 0 Å². The number of hydrogen-bond donors (Lipinski definition) is 1. The second-order valence-electron chi connectivity index (χ2n) is 4.37. The number of aliphatic hydroxyl groups excluding tert-OH is 1. The van der Waals surface area contributed by atoms with E-state index in [1.807, 2.05) is 20.8 Å². The summed E-state index contributed by atoms with van der Waals surface area (Å²) >= 11 is 0. The summed E-state index contributed by atoms with van der Waals surface area (Å²) in [5.41, 5.74) is 0. The van der Waals surface area contributed by atoms with Crippen molar-refractivity contribution in [3.8, 4) is 0 Å². The number of hydrogen-bond acceptors (Lipinski definition) is 8. The van der Waals surface area contributed by atoms with Crippen molar-refractivity contribution in [3.05, 3.63) is 24.7 Å². The number of carbonyl (C=O) groups is 2. The Hall–Kier alpha value is -1.68. The van der Waals surface area contributed by atoms with Crippen molar-refractivity contribution in [2.45, 2.75) is 33.2 Å². The summed E-state index contributed by atoms with van der Waals surface area (Å²) in [4.78, 5) is 22.3. The van der Waals surface area contributed by atoms with Gasteiger partial charge in [0.2, 0.25) is 5.76 Å². The van der Waals surface area contributed by atoms with Crippen LogP contribution in [0.1, 0.15) is 27.2 Å². The molecule has 0 aromatic carbocycles. The van der Waals surface area contributed by atoms with Crippen molar-refractivity contribution in [2.75, 3.05) is 26.4 Å². The molecule has 0 aliphatic carbocycles. The van der Waals surface area contributed by atoms with Crippen molar-refractivity contribution < 1.29 is 37.4 Å². The Balaban J connectivity index is 4.38. The Labute approximate surface area is 143 Å². The molecule has 0 saturated heterocycles. The van der Waals surface area contributed by atoms with Crippen LogP contribution in [0.25, 0.3) is 0 Å². The van der Waals surface area contributed by atoms with Crippen molar-refractivity contribution in [1.29, 1.82) is 0 Å². The maximum atomic E-state index is 11.5. The molecule has 1 N–H and O–H groups in total. The highest BCUT2D eigenvalue weighted by Gasteiger charge is 2.39. The normalized spacial score (nSPS) is 11.9. The van der Waals surface area contributed by atoms with E-state index in [2.05, 4.69) is 11.3 Å². The SMILES string of the molecule is C=CC(=O)OC=C(O)C(=O)OCCC[Si](OCC)(OCC)OCC. The monoisotopic (exact) mass is 362 g/mol. The van der Waals surface area contributed by atoms with Gasteiger partial charge in [-0.2, -0.15) is 0 Å². The summed E-state index contributed by atoms with van der Waals surface area (Å²) in [5.74, 6) is -2.60. The molecular formula is C15H26O8Si. The van der Waals surface area contributed by atoms with Crippen LogP contribution in [0.15, 0.2) is 24.7 Å². The molecule has 0 fully saturated rings. The predicted molar refractivity (Wildman–Crippen MR) is 88.0 cm³/mol. The van der Waals surface area contributed by atoms with Crippen LogP contribution in [0, 0.1) is 0 Å². The van der Waals surface area contributed by atoms with Crippen LogP contribution in [0.4, 0.5) is 0 Å². The van der Waals surface area contributed by atoms with Crippen LogP contribution in [0.3, 0.4) is 0 Å². The minimum absolute atomic E-state index is 0.0358. The second kappa shape index (κ2) is 12.7. The Morgan fingerprint density at radius 3 is 2.08 bits per heavy atom. The van der Waals surface area contributed by atoms with Gasteiger partial charge in [-0.3, -0.25) is 0 Å². The van der Waals surface area contributed by atoms with Crippen molar-refractivity contribution in [2.24, 2.45) is 0 Å². The lowest BCUT2D eigenvalue weighted by molar-refractivity contribution is -0.142. The van der Waals surface area contributed by atoms with Crippen LogP contribution < -0.4 is 0 Å². The molecule has 0 saturated carbocycles. The molecule has 0 aromatic rings. The lowest BCUT2D eigenvalue weighted by atomic mass is 10.5. The molecule has 0 spiro atoms. The third kappa shape index (κ3) is 8.82. The van der Waals surface area contributed by atoms with Gasteiger partial charge in [0.05, 0.1) is 6.61 Å². The number of aliphatic hydroxyl groups is 1. The first-order valence-corrected chi connectivity index (χ1v) is 9.69. The van der Waals surface area contributed by atoms with Gasteiger partial charge >= 0.3 is 20.7 Å². The average Bonchev–Trinajstić information content (AvgIpc) is 2.56. The minimum Gasteiger partial charge on any atom is -0.500 e. The summed E-state index contributed by atoms with van der Waals surface area (Å²) in [5, 5.41) is 9.38. The first kappa shape index (κ1) is 22.3. The van der Waals surface area contributed by atoms with Crippen LogP contribution in [0.5, 0.6) is 0 Å². The highest BCUT2D eigenvalue weighted by molar-refractivity contribution is 6.60. The molecule has 24 heavy (non-hydrogen) atoms. The zero-order chi connectivity index (χ0) is 18.4. The Morgan fingerprint density at radius 2 is 1.62 bits per heavy atom. The summed E-state index contributed by atoms with van der Waals surface area (Å²) in [6.45, 7) is 10.2. The third-order valence-corrected chi connectivity index (χ3v) is 5.77. The first-order chi connectivity index (χ1) is 11.4. The highest BCUT2D eigenvalue weighted by atomic mass is 28.4. The standard InChI is InChI=1S/C15H26O8Si/c1-5-14(17)20-12-13(16)15(18)19-10-9-11-24(21-6-2,22-7-3)23-8-4/h5,12,16H,1,6-11H2,2-4H3. The van der Waals surface area contributed by atoms with E-state index in [4.69, 9.17) is 18.0 Å². The summed E-state index contributed by atoms with van der Waals surface area (Å²) in [7, 11) is -2.78. The molecule has 0 atom stereocenters. The van der Waals surface area contributed by atoms with E-state index < -0.39 is 26.5 Å². The van der Waals surface area contributed by atoms with Gasteiger partial charge in [0.15, 0.2) is 0 Å². The van der Waals surface area contributed by atoms with Crippen LogP contribution in [-0.2, 0) is 32.3 Å². The van der Waals surface area contributed by atoms with E-state index in [1.165, 1.54) is 0 Å². The molecule has 138 valence electrons. The molecule has 0 aliphatic rings. The van der Waals surface area contributed by atoms with E-state index in [1.54, 1.807) is 0 Å². The highest BCUT2D eigenvalue weighted by Crippen LogP contribution is 2.18. The summed E-state index contributed by atoms with van der Waals surface area (Å²) in [6, 6.07) is 0.478. The molecule has 0 amide bonds. The van der Waals surface area contributed by atoms with Gasteiger partial charge in [0.1, 0.15) is 6.26 Å². The van der Waals surface area contributed by atoms with Gasteiger partial charge < -0.3 is 27.9 Å². The summed E-state index contributed by atoms with van der Waals surface area (Å²) < 4.78 is 26.3. The molecule has 0 rings (SSSR count). The van der Waals surface area contributed by atoms with E-state index in [9.17, 15) is 14.7 Å². The molecule has 0 aliphatic heterocycles. The molecule has 9 heteroatoms. The maximum Gasteiger partial charge on any atom is 0.501 e. The predicted octanol–water partition coefficient (Wildman–Crippen LogP) is 2.10. The maximum absolute atomic E-state index is 11.5. The first-order valence-electron chi connectivity index (χ1n) is 7.75. The number of carbonyl (C=O) groups excluding carboxylic acids is 2. The van der Waals surface area contributed by atoms with E-state index >= 15 is 0 Å². The van der Waals surface area contributed by atoms with Gasteiger partial charge in [-0.05, 0) is 27.2 Å². The van der Waals surface area contributed by atoms with Gasteiger partial charge in [-0.25, -0.2) is 9.59 Å². The van der Waals surface area contributed by atoms with Crippen molar-refractivity contribution in [1.82, 2.24) is 0 Å². The van der Waals surface area contributed by atoms with Gasteiger partial charge in [0, 0.05) is 31.9 Å². The average molecular weight is 362 g/mol. The van der Waals surface area contributed by atoms with Crippen LogP contribution in [-0.4, -0.2) is 52.3 Å². The number of ether oxygens (including phenoxy) is 2. The fourth-order valence-corrected chi connectivity index (χ4v) is 4.32. The largest absolute Gasteiger partial charge is 0.501 e. The number of rotatable bonds is 13. The smallest absolute Gasteiger partial charge is 0.500 e. The Bertz CT molecular complexity index is 418. The zero-order valence-electron chi connectivity index (χ0n) is 14.4. The molecule has 0 bridgehead atoms. The van der Waals surface area contributed by atoms with Gasteiger partial charge in [-0.1, -0.05) is 6.58 Å². The van der Waals surface area contributed by atoms with Crippen LogP contribution >= 0.6 is 0 Å². The van der Waals surface area contributed by atoms with Crippen molar-refractivity contribution >= 4 is 20.7 Å². The molecule has 0 unspecified atom stereocenters. The van der Waals surface area contributed by atoms with E-state index in [-0.39, 0.29) is 6.61 Å². The molecular weight excluding hydrogens is 336 g/mol. The zero-order valence-corrected chi connectivity index (χ0v) is 15.4. The Kier molecular flexibility index (Phi) is 11.8. The quantitative estimate of drug-likeness (QED) is 0.175. The van der Waals surface area contributed by atoms with E-state index in [0.29, 0.717) is 38.5 Å². The van der Waals surface area contributed by atoms with Crippen molar-refractivity contribution in [3.63, 3.8) is 0 Å². The molecule has 8 nitrogen and oxygen atoms in total. The number of esters is 2. The lowest BCUT2D eigenvalue weighted by Crippen LogP contribution is -2.46.